The maximum atomic E-state index is 2.71. The molecule has 0 radical (unpaired) electrons. The van der Waals surface area contributed by atoms with Crippen LogP contribution in [-0.4, -0.2) is 0 Å². The van der Waals surface area contributed by atoms with Crippen LogP contribution in [0.2, 0.25) is 0 Å². The quantitative estimate of drug-likeness (QED) is 0.676. The summed E-state index contributed by atoms with van der Waals surface area (Å²) in [4.78, 5) is 0. The Hall–Kier alpha value is 0.104. The van der Waals surface area contributed by atoms with E-state index in [0.717, 1.165) is 0 Å². The fourth-order valence-electron chi connectivity index (χ4n) is 2.03. The molecule has 17 heavy (non-hydrogen) atoms. The van der Waals surface area contributed by atoms with Gasteiger partial charge in [0.15, 0.2) is 0 Å². The van der Waals surface area contributed by atoms with Crippen molar-refractivity contribution in [2.75, 3.05) is 0 Å². The van der Waals surface area contributed by atoms with Gasteiger partial charge in [0.05, 0.1) is 0 Å². The Bertz CT molecular complexity index is 376. The van der Waals surface area contributed by atoms with E-state index in [9.17, 15) is 0 Å². The number of hydrogen-bond acceptors (Lipinski definition) is 0. The van der Waals surface area contributed by atoms with Crippen LogP contribution in [0.3, 0.4) is 0 Å². The zero-order valence-corrected chi connectivity index (χ0v) is 14.1. The van der Waals surface area contributed by atoms with Crippen molar-refractivity contribution in [3.05, 3.63) is 28.8 Å². The van der Waals surface area contributed by atoms with Crippen LogP contribution in [0.15, 0.2) is 12.1 Å². The van der Waals surface area contributed by atoms with Gasteiger partial charge in [-0.25, -0.2) is 0 Å². The van der Waals surface area contributed by atoms with Gasteiger partial charge in [-0.3, -0.25) is 0 Å². The Labute approximate surface area is 116 Å². The van der Waals surface area contributed by atoms with Crippen LogP contribution in [-0.2, 0) is 16.5 Å². The topological polar surface area (TPSA) is 0 Å². The first-order valence-electron chi connectivity index (χ1n) is 6.41. The van der Waals surface area contributed by atoms with Gasteiger partial charge in [0.2, 0.25) is 0 Å². The third-order valence-corrected chi connectivity index (χ3v) is 4.86. The second-order valence-corrected chi connectivity index (χ2v) is 7.20. The van der Waals surface area contributed by atoms with E-state index in [-0.39, 0.29) is 0 Å². The summed E-state index contributed by atoms with van der Waals surface area (Å²) in [6, 6.07) is 4.83. The predicted octanol–water partition coefficient (Wildman–Crippen LogP) is 5.09. The summed E-state index contributed by atoms with van der Waals surface area (Å²) < 4.78 is 0. The van der Waals surface area contributed by atoms with Crippen molar-refractivity contribution in [2.45, 2.75) is 59.3 Å². The zero-order chi connectivity index (χ0) is 13.2. The number of hydrogen-bond donors (Lipinski definition) is 0. The molecule has 1 rings (SSSR count). The summed E-state index contributed by atoms with van der Waals surface area (Å²) in [7, 11) is 0. The van der Waals surface area contributed by atoms with Crippen molar-refractivity contribution in [2.24, 2.45) is 0 Å². The minimum absolute atomic E-state index is 0.609. The molecule has 0 saturated carbocycles. The molecule has 0 aliphatic heterocycles. The first kappa shape index (κ1) is 15.2. The van der Waals surface area contributed by atoms with Crippen LogP contribution < -0.4 is 5.30 Å². The Morgan fingerprint density at radius 2 is 1.24 bits per heavy atom. The second-order valence-electron chi connectivity index (χ2n) is 5.61. The molecule has 0 unspecified atom stereocenters. The number of benzene rings is 1. The summed E-state index contributed by atoms with van der Waals surface area (Å²) in [5.74, 6) is 1.83. The summed E-state index contributed by atoms with van der Waals surface area (Å²) in [5.41, 5.74) is 4.54. The molecule has 0 aliphatic rings. The van der Waals surface area contributed by atoms with E-state index in [1.54, 1.807) is 0 Å². The molecule has 0 heterocycles. The van der Waals surface area contributed by atoms with Crippen molar-refractivity contribution in [3.63, 3.8) is 0 Å². The second kappa shape index (κ2) is 6.32. The molecule has 0 fully saturated rings. The molecule has 0 atom stereocenters. The van der Waals surface area contributed by atoms with Crippen LogP contribution >= 0.6 is 6.60 Å². The van der Waals surface area contributed by atoms with Crippen LogP contribution in [0.5, 0.6) is 0 Å². The van der Waals surface area contributed by atoms with Crippen molar-refractivity contribution in [3.8, 4) is 0 Å². The van der Waals surface area contributed by atoms with Gasteiger partial charge in [-0.15, -0.1) is 0 Å². The van der Waals surface area contributed by atoms with Crippen LogP contribution in [0, 0.1) is 0 Å². The average molecular weight is 285 g/mol. The maximum absolute atomic E-state index is 2.71. The molecule has 0 aromatic heterocycles. The van der Waals surface area contributed by atoms with E-state index >= 15 is 0 Å². The van der Waals surface area contributed by atoms with Crippen LogP contribution in [0.25, 0.3) is 0 Å². The first-order valence-corrected chi connectivity index (χ1v) is 9.13. The van der Waals surface area contributed by atoms with E-state index in [1.165, 1.54) is 28.6 Å². The Balaban J connectivity index is 3.51. The molecule has 0 spiro atoms. The molecule has 91 valence electrons. The molecule has 0 aliphatic carbocycles. The fourth-order valence-corrected chi connectivity index (χ4v) is 3.99. The molecular weight excluding hydrogens is 262 g/mol. The van der Waals surface area contributed by atoms with Gasteiger partial charge < -0.3 is 0 Å². The third kappa shape index (κ3) is 3.54. The van der Waals surface area contributed by atoms with E-state index in [4.69, 9.17) is 0 Å². The van der Waals surface area contributed by atoms with Crippen LogP contribution in [0.1, 0.15) is 76.0 Å². The summed E-state index contributed by atoms with van der Waals surface area (Å²) in [6.07, 6.45) is 0. The van der Waals surface area contributed by atoms with Gasteiger partial charge in [-0.05, 0) is 0 Å². The summed E-state index contributed by atoms with van der Waals surface area (Å²) in [5, 5.41) is 1.53. The SMILES string of the molecule is CC(C)c1cc(C(C)C)c([P]=[V+2])c(C(C)C)c1. The molecule has 1 aromatic rings. The van der Waals surface area contributed by atoms with Crippen molar-refractivity contribution in [1.82, 2.24) is 0 Å². The van der Waals surface area contributed by atoms with E-state index in [0.29, 0.717) is 17.8 Å². The van der Waals surface area contributed by atoms with E-state index < -0.39 is 0 Å². The Morgan fingerprint density at radius 1 is 0.824 bits per heavy atom. The van der Waals surface area contributed by atoms with Crippen molar-refractivity contribution < 1.29 is 16.5 Å². The van der Waals surface area contributed by atoms with Gasteiger partial charge >= 0.3 is 117 Å². The van der Waals surface area contributed by atoms with Crippen molar-refractivity contribution >= 4 is 11.9 Å². The van der Waals surface area contributed by atoms with Gasteiger partial charge in [-0.2, -0.15) is 0 Å². The first-order chi connectivity index (χ1) is 7.88. The minimum atomic E-state index is 0.609. The van der Waals surface area contributed by atoms with Gasteiger partial charge in [0, 0.05) is 0 Å². The van der Waals surface area contributed by atoms with Crippen molar-refractivity contribution in [1.29, 1.82) is 0 Å². The Kier molecular flexibility index (Phi) is 5.64. The summed E-state index contributed by atoms with van der Waals surface area (Å²) in [6.45, 7) is 15.1. The molecule has 0 bridgehead atoms. The monoisotopic (exact) mass is 285 g/mol. The molecule has 0 N–H and O–H groups in total. The van der Waals surface area contributed by atoms with Crippen LogP contribution in [0.4, 0.5) is 0 Å². The standard InChI is InChI=1S/C15H23P.V/c1-9(2)12-7-13(10(3)4)15(16)14(8-12)11(5)6;/h7-11H,1-6H3;/q;+2. The summed E-state index contributed by atoms with van der Waals surface area (Å²) >= 11 is 2.71. The zero-order valence-electron chi connectivity index (χ0n) is 11.8. The fraction of sp³-hybridized carbons (Fsp3) is 0.600. The van der Waals surface area contributed by atoms with Gasteiger partial charge in [-0.1, -0.05) is 0 Å². The molecule has 0 amide bonds. The molecule has 0 saturated heterocycles. The van der Waals surface area contributed by atoms with E-state index in [2.05, 4.69) is 70.2 Å². The average Bonchev–Trinajstić information content (AvgIpc) is 2.26. The molecule has 1 aromatic carbocycles. The van der Waals surface area contributed by atoms with Gasteiger partial charge in [0.25, 0.3) is 0 Å². The molecular formula is C15H23PV+2. The third-order valence-electron chi connectivity index (χ3n) is 3.20. The predicted molar refractivity (Wildman–Crippen MR) is 75.3 cm³/mol. The Morgan fingerprint density at radius 3 is 1.47 bits per heavy atom. The van der Waals surface area contributed by atoms with E-state index in [1.807, 2.05) is 0 Å². The molecule has 0 nitrogen and oxygen atoms in total. The normalized spacial score (nSPS) is 12.2. The molecule has 2 heteroatoms. The van der Waals surface area contributed by atoms with Gasteiger partial charge in [0.1, 0.15) is 0 Å². The number of rotatable bonds is 4.